The number of amides is 1. The van der Waals surface area contributed by atoms with E-state index in [1.165, 1.54) is 17.5 Å². The number of ether oxygens (including phenoxy) is 1. The molecule has 9 nitrogen and oxygen atoms in total. The first-order valence-corrected chi connectivity index (χ1v) is 14.0. The summed E-state index contributed by atoms with van der Waals surface area (Å²) < 4.78 is 6.91. The molecule has 5 rings (SSSR count). The van der Waals surface area contributed by atoms with Crippen molar-refractivity contribution in [1.29, 1.82) is 0 Å². The van der Waals surface area contributed by atoms with E-state index in [2.05, 4.69) is 20.4 Å². The van der Waals surface area contributed by atoms with Crippen molar-refractivity contribution in [3.8, 4) is 5.69 Å². The van der Waals surface area contributed by atoms with Crippen LogP contribution in [0.15, 0.2) is 40.4 Å². The Kier molecular flexibility index (Phi) is 7.43. The molecule has 192 valence electrons. The second-order valence-corrected chi connectivity index (χ2v) is 10.9. The number of H-pyrrole nitrogens is 1. The third-order valence-corrected chi connectivity index (χ3v) is 8.27. The molecule has 0 atom stereocenters. The van der Waals surface area contributed by atoms with Crippen LogP contribution in [0.2, 0.25) is 0 Å². The predicted molar refractivity (Wildman–Crippen MR) is 145 cm³/mol. The Morgan fingerprint density at radius 2 is 1.97 bits per heavy atom. The molecule has 11 heteroatoms. The molecule has 0 saturated heterocycles. The lowest BCUT2D eigenvalue weighted by Crippen LogP contribution is -2.17. The van der Waals surface area contributed by atoms with Gasteiger partial charge in [-0.3, -0.25) is 9.59 Å². The van der Waals surface area contributed by atoms with E-state index < -0.39 is 5.97 Å². The summed E-state index contributed by atoms with van der Waals surface area (Å²) in [6.07, 6.45) is 6.40. The zero-order valence-corrected chi connectivity index (χ0v) is 22.3. The summed E-state index contributed by atoms with van der Waals surface area (Å²) in [4.78, 5) is 46.7. The lowest BCUT2D eigenvalue weighted by atomic mass is 10.1. The minimum atomic E-state index is -0.398. The molecular weight excluding hydrogens is 510 g/mol. The number of aryl methyl sites for hydroxylation is 2. The van der Waals surface area contributed by atoms with Gasteiger partial charge >= 0.3 is 5.97 Å². The van der Waals surface area contributed by atoms with Gasteiger partial charge in [0.2, 0.25) is 5.91 Å². The Labute approximate surface area is 221 Å². The number of benzene rings is 1. The Morgan fingerprint density at radius 3 is 2.76 bits per heavy atom. The predicted octanol–water partition coefficient (Wildman–Crippen LogP) is 4.66. The second kappa shape index (κ2) is 10.9. The van der Waals surface area contributed by atoms with E-state index in [4.69, 9.17) is 4.74 Å². The van der Waals surface area contributed by atoms with Gasteiger partial charge < -0.3 is 15.0 Å². The number of fused-ring (bicyclic) bond motifs is 2. The summed E-state index contributed by atoms with van der Waals surface area (Å²) in [6, 6.07) is 7.75. The summed E-state index contributed by atoms with van der Waals surface area (Å²) >= 11 is 2.58. The molecule has 0 radical (unpaired) electrons. The summed E-state index contributed by atoms with van der Waals surface area (Å²) in [7, 11) is 0. The summed E-state index contributed by atoms with van der Waals surface area (Å²) in [5, 5.41) is 8.45. The van der Waals surface area contributed by atoms with Crippen LogP contribution in [0.25, 0.3) is 16.7 Å². The normalized spacial score (nSPS) is 13.2. The quantitative estimate of drug-likeness (QED) is 0.152. The van der Waals surface area contributed by atoms with Crippen LogP contribution < -0.4 is 10.9 Å². The third kappa shape index (κ3) is 5.33. The number of thiophene rings is 1. The maximum absolute atomic E-state index is 12.9. The Bertz CT molecular complexity index is 1520. The standard InChI is InChI=1S/C26H27N5O4S2/c1-3-35-25(34)21-17-7-5-4-6-8-19(17)37-24(21)28-20(32)14-36-26-29-22-18(23(33)30-26)13-27-31(22)16-11-9-15(2)10-12-16/h9-13H,3-8,14H2,1-2H3,(H,28,32)(H,29,30,33). The number of aromatic nitrogens is 4. The largest absolute Gasteiger partial charge is 0.462 e. The molecule has 0 unspecified atom stereocenters. The van der Waals surface area contributed by atoms with Crippen LogP contribution in [0, 0.1) is 6.92 Å². The van der Waals surface area contributed by atoms with Gasteiger partial charge in [-0.2, -0.15) is 5.10 Å². The molecule has 0 aliphatic heterocycles. The smallest absolute Gasteiger partial charge is 0.341 e. The minimum Gasteiger partial charge on any atom is -0.462 e. The topological polar surface area (TPSA) is 119 Å². The van der Waals surface area contributed by atoms with Crippen molar-refractivity contribution in [2.75, 3.05) is 17.7 Å². The highest BCUT2D eigenvalue weighted by Gasteiger charge is 2.26. The van der Waals surface area contributed by atoms with E-state index in [1.54, 1.807) is 11.6 Å². The number of hydrogen-bond donors (Lipinski definition) is 2. The Hall–Kier alpha value is -3.44. The maximum atomic E-state index is 12.9. The number of carbonyl (C=O) groups excluding carboxylic acids is 2. The second-order valence-electron chi connectivity index (χ2n) is 8.83. The molecule has 3 aromatic heterocycles. The van der Waals surface area contributed by atoms with E-state index in [0.29, 0.717) is 26.8 Å². The van der Waals surface area contributed by atoms with Gasteiger partial charge in [0, 0.05) is 4.88 Å². The fraction of sp³-hybridized carbons (Fsp3) is 0.346. The highest BCUT2D eigenvalue weighted by molar-refractivity contribution is 7.99. The van der Waals surface area contributed by atoms with Crippen LogP contribution in [0.3, 0.4) is 0 Å². The number of carbonyl (C=O) groups is 2. The highest BCUT2D eigenvalue weighted by Crippen LogP contribution is 2.38. The Morgan fingerprint density at radius 1 is 1.19 bits per heavy atom. The zero-order valence-electron chi connectivity index (χ0n) is 20.6. The summed E-state index contributed by atoms with van der Waals surface area (Å²) in [6.45, 7) is 4.04. The first-order chi connectivity index (χ1) is 17.9. The molecule has 1 aliphatic carbocycles. The van der Waals surface area contributed by atoms with Crippen molar-refractivity contribution < 1.29 is 14.3 Å². The number of nitrogens with zero attached hydrogens (tertiary/aromatic N) is 3. The lowest BCUT2D eigenvalue weighted by molar-refractivity contribution is -0.113. The van der Waals surface area contributed by atoms with Crippen LogP contribution in [0.5, 0.6) is 0 Å². The molecule has 4 aromatic rings. The lowest BCUT2D eigenvalue weighted by Gasteiger charge is -2.08. The molecule has 0 spiro atoms. The van der Waals surface area contributed by atoms with E-state index in [-0.39, 0.29) is 23.8 Å². The molecule has 1 aromatic carbocycles. The Balaban J connectivity index is 1.35. The fourth-order valence-electron chi connectivity index (χ4n) is 4.39. The highest BCUT2D eigenvalue weighted by atomic mass is 32.2. The average molecular weight is 538 g/mol. The molecule has 3 heterocycles. The van der Waals surface area contributed by atoms with Crippen molar-refractivity contribution in [3.05, 3.63) is 62.4 Å². The first kappa shape index (κ1) is 25.2. The van der Waals surface area contributed by atoms with Gasteiger partial charge in [-0.15, -0.1) is 11.3 Å². The summed E-state index contributed by atoms with van der Waals surface area (Å²) in [5.41, 5.74) is 3.49. The molecule has 37 heavy (non-hydrogen) atoms. The molecule has 2 N–H and O–H groups in total. The molecule has 0 saturated carbocycles. The van der Waals surface area contributed by atoms with Gasteiger partial charge in [-0.05, 0) is 57.2 Å². The maximum Gasteiger partial charge on any atom is 0.341 e. The van der Waals surface area contributed by atoms with E-state index in [9.17, 15) is 14.4 Å². The number of anilines is 1. The van der Waals surface area contributed by atoms with E-state index in [0.717, 1.165) is 65.6 Å². The van der Waals surface area contributed by atoms with Crippen molar-refractivity contribution in [3.63, 3.8) is 0 Å². The minimum absolute atomic E-state index is 0.0119. The van der Waals surface area contributed by atoms with Crippen LogP contribution in [0.1, 0.15) is 52.5 Å². The van der Waals surface area contributed by atoms with Gasteiger partial charge in [-0.1, -0.05) is 35.9 Å². The van der Waals surface area contributed by atoms with Crippen LogP contribution in [-0.4, -0.2) is 44.0 Å². The summed E-state index contributed by atoms with van der Waals surface area (Å²) in [5.74, 6) is -0.676. The number of nitrogens with one attached hydrogen (secondary N) is 2. The van der Waals surface area contributed by atoms with Gasteiger partial charge in [0.15, 0.2) is 10.8 Å². The van der Waals surface area contributed by atoms with Crippen molar-refractivity contribution >= 4 is 51.0 Å². The number of esters is 1. The molecule has 1 amide bonds. The van der Waals surface area contributed by atoms with Crippen molar-refractivity contribution in [1.82, 2.24) is 19.7 Å². The van der Waals surface area contributed by atoms with Gasteiger partial charge in [0.25, 0.3) is 5.56 Å². The molecule has 1 aliphatic rings. The number of aromatic amines is 1. The van der Waals surface area contributed by atoms with Crippen LogP contribution >= 0.6 is 23.1 Å². The molecule has 0 fully saturated rings. The van der Waals surface area contributed by atoms with Crippen LogP contribution in [0.4, 0.5) is 5.00 Å². The third-order valence-electron chi connectivity index (χ3n) is 6.19. The number of rotatable bonds is 7. The molecular formula is C26H27N5O4S2. The van der Waals surface area contributed by atoms with Crippen LogP contribution in [-0.2, 0) is 22.4 Å². The van der Waals surface area contributed by atoms with E-state index >= 15 is 0 Å². The number of thioether (sulfide) groups is 1. The number of hydrogen-bond acceptors (Lipinski definition) is 8. The van der Waals surface area contributed by atoms with Gasteiger partial charge in [0.05, 0.1) is 29.8 Å². The average Bonchev–Trinajstić information content (AvgIpc) is 3.37. The van der Waals surface area contributed by atoms with Crippen molar-refractivity contribution in [2.45, 2.75) is 51.1 Å². The first-order valence-electron chi connectivity index (χ1n) is 12.2. The van der Waals surface area contributed by atoms with E-state index in [1.807, 2.05) is 31.2 Å². The fourth-order valence-corrected chi connectivity index (χ4v) is 6.34. The SMILES string of the molecule is CCOC(=O)c1c(NC(=O)CSc2nc3c(cnn3-c3ccc(C)cc3)c(=O)[nH]2)sc2c1CCCCC2. The van der Waals surface area contributed by atoms with Gasteiger partial charge in [-0.25, -0.2) is 14.5 Å². The zero-order chi connectivity index (χ0) is 25.9. The van der Waals surface area contributed by atoms with Crippen molar-refractivity contribution in [2.24, 2.45) is 0 Å². The monoisotopic (exact) mass is 537 g/mol. The molecule has 0 bridgehead atoms. The van der Waals surface area contributed by atoms with Gasteiger partial charge in [0.1, 0.15) is 10.4 Å².